The molecule has 8 heteroatoms. The summed E-state index contributed by atoms with van der Waals surface area (Å²) < 4.78 is 30.8. The maximum absolute atomic E-state index is 14.3. The molecule has 2 aromatic carbocycles. The topological polar surface area (TPSA) is 56.8 Å². The maximum Gasteiger partial charge on any atom is 0.308 e. The minimum atomic E-state index is -0.766. The Balaban J connectivity index is 2.09. The molecule has 28 heavy (non-hydrogen) atoms. The van der Waals surface area contributed by atoms with Gasteiger partial charge in [0.1, 0.15) is 17.2 Å². The molecule has 1 heterocycles. The number of carbonyl (C=O) groups excluding carboxylic acids is 1. The highest BCUT2D eigenvalue weighted by molar-refractivity contribution is 7.80. The SMILES string of the molecule is CCOC(=O)C[C@H]1O[C@H](c2cccc(F)c2OC)c2cc(Cl)ccc2NC1=S. The van der Waals surface area contributed by atoms with Crippen molar-refractivity contribution < 1.29 is 23.4 Å². The molecule has 0 aromatic heterocycles. The van der Waals surface area contributed by atoms with Crippen molar-refractivity contribution in [2.75, 3.05) is 19.0 Å². The minimum absolute atomic E-state index is 0.0566. The van der Waals surface area contributed by atoms with Gasteiger partial charge in [0.25, 0.3) is 0 Å². The molecule has 0 radical (unpaired) electrons. The number of thiocarbonyl (C=S) groups is 1. The van der Waals surface area contributed by atoms with Crippen LogP contribution in [0.2, 0.25) is 5.02 Å². The molecule has 0 aliphatic carbocycles. The molecule has 0 fully saturated rings. The van der Waals surface area contributed by atoms with Crippen LogP contribution in [0.4, 0.5) is 10.1 Å². The molecule has 0 bridgehead atoms. The number of methoxy groups -OCH3 is 1. The average molecular weight is 424 g/mol. The quantitative estimate of drug-likeness (QED) is 0.557. The molecule has 0 unspecified atom stereocenters. The second kappa shape index (κ2) is 8.86. The Morgan fingerprint density at radius 2 is 2.11 bits per heavy atom. The average Bonchev–Trinajstić information content (AvgIpc) is 2.78. The van der Waals surface area contributed by atoms with E-state index < -0.39 is 24.0 Å². The highest BCUT2D eigenvalue weighted by Gasteiger charge is 2.33. The van der Waals surface area contributed by atoms with Crippen molar-refractivity contribution in [2.24, 2.45) is 0 Å². The van der Waals surface area contributed by atoms with Gasteiger partial charge in [-0.1, -0.05) is 36.0 Å². The van der Waals surface area contributed by atoms with Gasteiger partial charge in [-0.15, -0.1) is 0 Å². The number of esters is 1. The summed E-state index contributed by atoms with van der Waals surface area (Å²) in [6.07, 6.45) is -1.60. The van der Waals surface area contributed by atoms with Crippen molar-refractivity contribution in [3.8, 4) is 5.75 Å². The third kappa shape index (κ3) is 4.27. The zero-order valence-electron chi connectivity index (χ0n) is 15.3. The number of benzene rings is 2. The van der Waals surface area contributed by atoms with Crippen molar-refractivity contribution in [3.63, 3.8) is 0 Å². The van der Waals surface area contributed by atoms with Gasteiger partial charge in [0.2, 0.25) is 0 Å². The summed E-state index contributed by atoms with van der Waals surface area (Å²) in [5, 5.41) is 3.59. The fraction of sp³-hybridized carbons (Fsp3) is 0.300. The summed E-state index contributed by atoms with van der Waals surface area (Å²) in [5.74, 6) is -0.902. The lowest BCUT2D eigenvalue weighted by Gasteiger charge is -2.24. The van der Waals surface area contributed by atoms with Gasteiger partial charge in [-0.2, -0.15) is 0 Å². The van der Waals surface area contributed by atoms with E-state index in [-0.39, 0.29) is 18.8 Å². The normalized spacial score (nSPS) is 18.6. The second-order valence-electron chi connectivity index (χ2n) is 6.10. The lowest BCUT2D eigenvalue weighted by molar-refractivity contribution is -0.145. The molecule has 0 saturated carbocycles. The van der Waals surface area contributed by atoms with E-state index in [0.717, 1.165) is 0 Å². The lowest BCUT2D eigenvalue weighted by Crippen LogP contribution is -2.31. The molecule has 0 amide bonds. The number of hydrogen-bond donors (Lipinski definition) is 1. The van der Waals surface area contributed by atoms with Gasteiger partial charge < -0.3 is 19.5 Å². The number of rotatable bonds is 5. The van der Waals surface area contributed by atoms with E-state index >= 15 is 0 Å². The third-order valence-corrected chi connectivity index (χ3v) is 4.89. The van der Waals surface area contributed by atoms with Crippen LogP contribution >= 0.6 is 23.8 Å². The number of halogens is 2. The molecule has 1 aliphatic heterocycles. The molecule has 2 atom stereocenters. The fourth-order valence-corrected chi connectivity index (χ4v) is 3.51. The Morgan fingerprint density at radius 1 is 1.32 bits per heavy atom. The van der Waals surface area contributed by atoms with Gasteiger partial charge in [-0.05, 0) is 31.2 Å². The van der Waals surface area contributed by atoms with E-state index in [2.05, 4.69) is 5.32 Å². The predicted molar refractivity (Wildman–Crippen MR) is 109 cm³/mol. The van der Waals surface area contributed by atoms with E-state index in [1.54, 1.807) is 37.3 Å². The number of anilines is 1. The first-order valence-corrected chi connectivity index (χ1v) is 9.47. The first kappa shape index (κ1) is 20.5. The smallest absolute Gasteiger partial charge is 0.308 e. The third-order valence-electron chi connectivity index (χ3n) is 4.29. The molecule has 5 nitrogen and oxygen atoms in total. The molecular weight excluding hydrogens is 405 g/mol. The van der Waals surface area contributed by atoms with Crippen LogP contribution < -0.4 is 10.1 Å². The largest absolute Gasteiger partial charge is 0.493 e. The summed E-state index contributed by atoms with van der Waals surface area (Å²) >= 11 is 11.6. The second-order valence-corrected chi connectivity index (χ2v) is 6.97. The predicted octanol–water partition coefficient (Wildman–Crippen LogP) is 4.67. The Hall–Kier alpha value is -2.22. The Kier molecular flexibility index (Phi) is 6.49. The van der Waals surface area contributed by atoms with Crippen molar-refractivity contribution in [3.05, 3.63) is 58.4 Å². The van der Waals surface area contributed by atoms with Crippen molar-refractivity contribution in [1.82, 2.24) is 0 Å². The highest BCUT2D eigenvalue weighted by atomic mass is 35.5. The van der Waals surface area contributed by atoms with Gasteiger partial charge in [-0.3, -0.25) is 4.79 Å². The van der Waals surface area contributed by atoms with Gasteiger partial charge >= 0.3 is 5.97 Å². The van der Waals surface area contributed by atoms with E-state index in [1.165, 1.54) is 13.2 Å². The fourth-order valence-electron chi connectivity index (χ4n) is 3.08. The lowest BCUT2D eigenvalue weighted by atomic mass is 9.98. The zero-order chi connectivity index (χ0) is 20.3. The molecule has 0 saturated heterocycles. The van der Waals surface area contributed by atoms with Crippen LogP contribution in [0.1, 0.15) is 30.6 Å². The van der Waals surface area contributed by atoms with E-state index in [9.17, 15) is 9.18 Å². The van der Waals surface area contributed by atoms with E-state index in [0.29, 0.717) is 26.8 Å². The van der Waals surface area contributed by atoms with Crippen molar-refractivity contribution >= 4 is 40.5 Å². The number of ether oxygens (including phenoxy) is 3. The number of nitrogens with one attached hydrogen (secondary N) is 1. The van der Waals surface area contributed by atoms with Crippen molar-refractivity contribution in [2.45, 2.75) is 25.6 Å². The molecule has 3 rings (SSSR count). The summed E-state index contributed by atoms with van der Waals surface area (Å²) in [7, 11) is 1.39. The summed E-state index contributed by atoms with van der Waals surface area (Å²) in [4.78, 5) is 12.3. The van der Waals surface area contributed by atoms with Gasteiger partial charge in [-0.25, -0.2) is 4.39 Å². The van der Waals surface area contributed by atoms with Crippen LogP contribution in [0.3, 0.4) is 0 Å². The van der Waals surface area contributed by atoms with Crippen LogP contribution in [-0.4, -0.2) is 30.8 Å². The highest BCUT2D eigenvalue weighted by Crippen LogP contribution is 2.41. The Morgan fingerprint density at radius 3 is 2.82 bits per heavy atom. The molecule has 1 aliphatic rings. The summed E-state index contributed by atoms with van der Waals surface area (Å²) in [6.45, 7) is 1.98. The van der Waals surface area contributed by atoms with Crippen molar-refractivity contribution in [1.29, 1.82) is 0 Å². The standard InChI is InChI=1S/C20H19ClFNO4S/c1-3-26-17(24)10-16-20(28)23-15-8-7-11(21)9-13(15)18(27-16)12-5-4-6-14(22)19(12)25-2/h4-9,16,18H,3,10H2,1-2H3,(H,23,28)/t16-,18-/m1/s1. The van der Waals surface area contributed by atoms with Crippen LogP contribution in [0.15, 0.2) is 36.4 Å². The first-order valence-electron chi connectivity index (χ1n) is 8.68. The van der Waals surface area contributed by atoms with Gasteiger partial charge in [0, 0.05) is 21.8 Å². The van der Waals surface area contributed by atoms with Gasteiger partial charge in [0.15, 0.2) is 11.6 Å². The summed E-state index contributed by atoms with van der Waals surface area (Å²) in [5.41, 5.74) is 1.79. The van der Waals surface area contributed by atoms with E-state index in [1.807, 2.05) is 0 Å². The maximum atomic E-state index is 14.3. The number of carbonyl (C=O) groups is 1. The van der Waals surface area contributed by atoms with E-state index in [4.69, 9.17) is 38.0 Å². The van der Waals surface area contributed by atoms with Crippen LogP contribution in [0.5, 0.6) is 5.75 Å². The molecule has 0 spiro atoms. The number of hydrogen-bond acceptors (Lipinski definition) is 5. The Labute approximate surface area is 172 Å². The van der Waals surface area contributed by atoms with Crippen LogP contribution in [0, 0.1) is 5.82 Å². The molecular formula is C20H19ClFNO4S. The minimum Gasteiger partial charge on any atom is -0.493 e. The number of para-hydroxylation sites is 1. The number of fused-ring (bicyclic) bond motifs is 1. The zero-order valence-corrected chi connectivity index (χ0v) is 16.9. The Bertz CT molecular complexity index is 908. The van der Waals surface area contributed by atoms with Gasteiger partial charge in [0.05, 0.1) is 20.1 Å². The monoisotopic (exact) mass is 423 g/mol. The first-order chi connectivity index (χ1) is 13.4. The molecule has 148 valence electrons. The van der Waals surface area contributed by atoms with Crippen LogP contribution in [0.25, 0.3) is 0 Å². The molecule has 1 N–H and O–H groups in total. The summed E-state index contributed by atoms with van der Waals surface area (Å²) in [6, 6.07) is 9.76. The van der Waals surface area contributed by atoms with Crippen LogP contribution in [-0.2, 0) is 14.3 Å². The molecule has 2 aromatic rings.